The number of nitrogens with two attached hydrogens (primary N) is 1. The van der Waals surface area contributed by atoms with Gasteiger partial charge in [-0.1, -0.05) is 25.1 Å². The third kappa shape index (κ3) is 2.96. The molecule has 1 amide bonds. The molecule has 1 unspecified atom stereocenters. The molecular formula is C16H21N3O. The first kappa shape index (κ1) is 14.5. The summed E-state index contributed by atoms with van der Waals surface area (Å²) in [6.45, 7) is 4.64. The molecule has 1 aromatic heterocycles. The smallest absolute Gasteiger partial charge is 0.252 e. The number of para-hydroxylation sites is 1. The van der Waals surface area contributed by atoms with Gasteiger partial charge in [0, 0.05) is 17.1 Å². The fourth-order valence-corrected chi connectivity index (χ4v) is 2.28. The predicted octanol–water partition coefficient (Wildman–Crippen LogP) is 2.48. The van der Waals surface area contributed by atoms with E-state index in [2.05, 4.69) is 17.2 Å². The molecule has 1 aromatic carbocycles. The van der Waals surface area contributed by atoms with Crippen LogP contribution < -0.4 is 11.1 Å². The van der Waals surface area contributed by atoms with E-state index < -0.39 is 0 Å². The molecule has 0 bridgehead atoms. The summed E-state index contributed by atoms with van der Waals surface area (Å²) in [6, 6.07) is 9.42. The number of carbonyl (C=O) groups excluding carboxylic acids is 1. The van der Waals surface area contributed by atoms with E-state index in [1.165, 1.54) is 0 Å². The fourth-order valence-electron chi connectivity index (χ4n) is 2.28. The Labute approximate surface area is 119 Å². The summed E-state index contributed by atoms with van der Waals surface area (Å²) < 4.78 is 0. The van der Waals surface area contributed by atoms with Gasteiger partial charge < -0.3 is 11.1 Å². The Morgan fingerprint density at radius 1 is 1.35 bits per heavy atom. The second kappa shape index (κ2) is 6.01. The van der Waals surface area contributed by atoms with Crippen LogP contribution in [-0.2, 0) is 0 Å². The van der Waals surface area contributed by atoms with Crippen molar-refractivity contribution in [2.45, 2.75) is 32.2 Å². The van der Waals surface area contributed by atoms with E-state index in [9.17, 15) is 4.79 Å². The first-order valence-corrected chi connectivity index (χ1v) is 6.96. The Balaban J connectivity index is 2.32. The molecule has 0 aliphatic heterocycles. The van der Waals surface area contributed by atoms with Crippen molar-refractivity contribution in [1.82, 2.24) is 10.3 Å². The quantitative estimate of drug-likeness (QED) is 0.878. The summed E-state index contributed by atoms with van der Waals surface area (Å²) >= 11 is 0. The number of fused-ring (bicyclic) bond motifs is 1. The van der Waals surface area contributed by atoms with Gasteiger partial charge in [0.15, 0.2) is 0 Å². The van der Waals surface area contributed by atoms with Crippen LogP contribution in [0.2, 0.25) is 0 Å². The highest BCUT2D eigenvalue weighted by molar-refractivity contribution is 6.06. The molecule has 1 atom stereocenters. The summed E-state index contributed by atoms with van der Waals surface area (Å²) in [7, 11) is 0. The van der Waals surface area contributed by atoms with Crippen LogP contribution in [0.1, 0.15) is 37.0 Å². The minimum absolute atomic E-state index is 0.0681. The monoisotopic (exact) mass is 271 g/mol. The Morgan fingerprint density at radius 2 is 2.10 bits per heavy atom. The largest absolute Gasteiger partial charge is 0.347 e. The highest BCUT2D eigenvalue weighted by atomic mass is 16.1. The number of hydrogen-bond donors (Lipinski definition) is 2. The zero-order chi connectivity index (χ0) is 14.6. The van der Waals surface area contributed by atoms with Crippen molar-refractivity contribution in [3.63, 3.8) is 0 Å². The van der Waals surface area contributed by atoms with Crippen molar-refractivity contribution >= 4 is 16.8 Å². The van der Waals surface area contributed by atoms with Gasteiger partial charge in [-0.05, 0) is 38.4 Å². The maximum Gasteiger partial charge on any atom is 0.252 e. The van der Waals surface area contributed by atoms with Crippen LogP contribution in [0.25, 0.3) is 10.9 Å². The SMILES string of the molecule is CCC(C)(CCN)NC(=O)c1ccnc2ccccc12. The van der Waals surface area contributed by atoms with Crippen molar-refractivity contribution in [3.8, 4) is 0 Å². The zero-order valence-corrected chi connectivity index (χ0v) is 12.0. The molecule has 0 fully saturated rings. The number of carbonyl (C=O) groups is 1. The van der Waals surface area contributed by atoms with Gasteiger partial charge in [0.25, 0.3) is 5.91 Å². The second-order valence-corrected chi connectivity index (χ2v) is 5.28. The van der Waals surface area contributed by atoms with Crippen molar-refractivity contribution in [2.75, 3.05) is 6.54 Å². The summed E-state index contributed by atoms with van der Waals surface area (Å²) in [5.41, 5.74) is 6.86. The van der Waals surface area contributed by atoms with Crippen LogP contribution >= 0.6 is 0 Å². The molecule has 106 valence electrons. The lowest BCUT2D eigenvalue weighted by molar-refractivity contribution is 0.0901. The van der Waals surface area contributed by atoms with Gasteiger partial charge in [-0.15, -0.1) is 0 Å². The molecule has 2 aromatic rings. The Morgan fingerprint density at radius 3 is 2.80 bits per heavy atom. The van der Waals surface area contributed by atoms with Gasteiger partial charge in [0.1, 0.15) is 0 Å². The van der Waals surface area contributed by atoms with E-state index in [0.29, 0.717) is 12.1 Å². The molecule has 4 nitrogen and oxygen atoms in total. The first-order chi connectivity index (χ1) is 9.59. The molecule has 0 aliphatic rings. The minimum Gasteiger partial charge on any atom is -0.347 e. The molecule has 0 saturated carbocycles. The van der Waals surface area contributed by atoms with Gasteiger partial charge in [0.2, 0.25) is 0 Å². The number of pyridine rings is 1. The second-order valence-electron chi connectivity index (χ2n) is 5.28. The molecule has 2 rings (SSSR count). The van der Waals surface area contributed by atoms with E-state index in [1.807, 2.05) is 31.2 Å². The summed E-state index contributed by atoms with van der Waals surface area (Å²) in [6.07, 6.45) is 3.28. The standard InChI is InChI=1S/C16H21N3O/c1-3-16(2,9-10-17)19-15(20)13-8-11-18-14-7-5-4-6-12(13)14/h4-8,11H,3,9-10,17H2,1-2H3,(H,19,20). The highest BCUT2D eigenvalue weighted by Crippen LogP contribution is 2.19. The number of amides is 1. The Kier molecular flexibility index (Phi) is 4.35. The first-order valence-electron chi connectivity index (χ1n) is 6.96. The molecule has 0 saturated heterocycles. The topological polar surface area (TPSA) is 68.0 Å². The Bertz CT molecular complexity index is 606. The van der Waals surface area contributed by atoms with Crippen LogP contribution in [0, 0.1) is 0 Å². The number of benzene rings is 1. The summed E-state index contributed by atoms with van der Waals surface area (Å²) in [5.74, 6) is -0.0681. The molecule has 4 heteroatoms. The van der Waals surface area contributed by atoms with E-state index in [1.54, 1.807) is 12.3 Å². The van der Waals surface area contributed by atoms with Crippen molar-refractivity contribution in [1.29, 1.82) is 0 Å². The molecule has 0 spiro atoms. The predicted molar refractivity (Wildman–Crippen MR) is 81.6 cm³/mol. The number of hydrogen-bond acceptors (Lipinski definition) is 3. The van der Waals surface area contributed by atoms with Gasteiger partial charge in [-0.25, -0.2) is 0 Å². The van der Waals surface area contributed by atoms with Crippen molar-refractivity contribution in [2.24, 2.45) is 5.73 Å². The van der Waals surface area contributed by atoms with E-state index >= 15 is 0 Å². The molecule has 0 aliphatic carbocycles. The average Bonchev–Trinajstić information content (AvgIpc) is 2.46. The lowest BCUT2D eigenvalue weighted by atomic mass is 9.93. The fraction of sp³-hybridized carbons (Fsp3) is 0.375. The number of aromatic nitrogens is 1. The minimum atomic E-state index is -0.268. The lowest BCUT2D eigenvalue weighted by Crippen LogP contribution is -2.46. The average molecular weight is 271 g/mol. The molecular weight excluding hydrogens is 250 g/mol. The molecule has 1 heterocycles. The van der Waals surface area contributed by atoms with Crippen LogP contribution in [-0.4, -0.2) is 23.0 Å². The van der Waals surface area contributed by atoms with E-state index in [-0.39, 0.29) is 11.4 Å². The molecule has 3 N–H and O–H groups in total. The van der Waals surface area contributed by atoms with Gasteiger partial charge in [0.05, 0.1) is 11.1 Å². The number of rotatable bonds is 5. The maximum absolute atomic E-state index is 12.5. The van der Waals surface area contributed by atoms with E-state index in [4.69, 9.17) is 5.73 Å². The third-order valence-corrected chi connectivity index (χ3v) is 3.79. The van der Waals surface area contributed by atoms with Gasteiger partial charge in [-0.2, -0.15) is 0 Å². The number of nitrogens with zero attached hydrogens (tertiary/aromatic N) is 1. The maximum atomic E-state index is 12.5. The van der Waals surface area contributed by atoms with E-state index in [0.717, 1.165) is 23.7 Å². The Hall–Kier alpha value is -1.94. The van der Waals surface area contributed by atoms with Crippen LogP contribution in [0.5, 0.6) is 0 Å². The summed E-state index contributed by atoms with van der Waals surface area (Å²) in [5, 5.41) is 3.98. The van der Waals surface area contributed by atoms with Crippen LogP contribution in [0.3, 0.4) is 0 Å². The van der Waals surface area contributed by atoms with Gasteiger partial charge >= 0.3 is 0 Å². The van der Waals surface area contributed by atoms with Crippen molar-refractivity contribution in [3.05, 3.63) is 42.1 Å². The zero-order valence-electron chi connectivity index (χ0n) is 12.0. The van der Waals surface area contributed by atoms with Gasteiger partial charge in [-0.3, -0.25) is 9.78 Å². The number of nitrogens with one attached hydrogen (secondary N) is 1. The van der Waals surface area contributed by atoms with Crippen LogP contribution in [0.4, 0.5) is 0 Å². The molecule has 0 radical (unpaired) electrons. The summed E-state index contributed by atoms with van der Waals surface area (Å²) in [4.78, 5) is 16.8. The third-order valence-electron chi connectivity index (χ3n) is 3.79. The lowest BCUT2D eigenvalue weighted by Gasteiger charge is -2.29. The molecule has 20 heavy (non-hydrogen) atoms. The van der Waals surface area contributed by atoms with Crippen molar-refractivity contribution < 1.29 is 4.79 Å². The van der Waals surface area contributed by atoms with Crippen LogP contribution in [0.15, 0.2) is 36.5 Å². The normalized spacial score (nSPS) is 13.9. The highest BCUT2D eigenvalue weighted by Gasteiger charge is 2.24.